The van der Waals surface area contributed by atoms with Gasteiger partial charge in [-0.1, -0.05) is 24.3 Å². The molecule has 2 atom stereocenters. The fourth-order valence-electron chi connectivity index (χ4n) is 4.62. The van der Waals surface area contributed by atoms with Crippen LogP contribution in [0.15, 0.2) is 54.6 Å². The van der Waals surface area contributed by atoms with Crippen LogP contribution < -0.4 is 20.8 Å². The normalized spacial score (nSPS) is 17.7. The van der Waals surface area contributed by atoms with Crippen LogP contribution in [-0.4, -0.2) is 37.4 Å². The van der Waals surface area contributed by atoms with Crippen molar-refractivity contribution < 1.29 is 40.5 Å². The quantitative estimate of drug-likeness (QED) is 0.271. The zero-order valence-electron chi connectivity index (χ0n) is 21.4. The molecule has 3 aromatic carbocycles. The van der Waals surface area contributed by atoms with E-state index >= 15 is 8.78 Å². The van der Waals surface area contributed by atoms with Gasteiger partial charge in [0.15, 0.2) is 11.6 Å². The molecule has 0 aromatic heterocycles. The summed E-state index contributed by atoms with van der Waals surface area (Å²) in [6, 6.07) is 7.41. The molecule has 0 bridgehead atoms. The van der Waals surface area contributed by atoms with Gasteiger partial charge in [-0.3, -0.25) is 4.79 Å². The van der Waals surface area contributed by atoms with Crippen molar-refractivity contribution >= 4 is 35.8 Å². The minimum absolute atomic E-state index is 0.0117. The van der Waals surface area contributed by atoms with Crippen molar-refractivity contribution in [3.05, 3.63) is 77.6 Å². The number of rotatable bonds is 5. The summed E-state index contributed by atoms with van der Waals surface area (Å²) in [5, 5.41) is 4.71. The molecule has 2 N–H and O–H groups in total. The van der Waals surface area contributed by atoms with Crippen LogP contribution in [-0.2, 0) is 15.5 Å². The van der Waals surface area contributed by atoms with Crippen molar-refractivity contribution in [2.75, 3.05) is 23.5 Å². The molecule has 3 aromatic rings. The van der Waals surface area contributed by atoms with E-state index in [-0.39, 0.29) is 29.3 Å². The predicted molar refractivity (Wildman–Crippen MR) is 140 cm³/mol. The second-order valence-electron chi connectivity index (χ2n) is 9.76. The first-order chi connectivity index (χ1) is 18.6. The fourth-order valence-corrected chi connectivity index (χ4v) is 5.84. The van der Waals surface area contributed by atoms with Crippen molar-refractivity contribution in [2.24, 2.45) is 0 Å². The van der Waals surface area contributed by atoms with E-state index in [1.54, 1.807) is 25.1 Å². The molecule has 1 saturated heterocycles. The number of halogens is 6. The van der Waals surface area contributed by atoms with E-state index in [9.17, 15) is 31.7 Å². The lowest BCUT2D eigenvalue weighted by molar-refractivity contribution is -0.137. The molecule has 13 heteroatoms. The van der Waals surface area contributed by atoms with E-state index in [4.69, 9.17) is 0 Å². The molecule has 1 heterocycles. The lowest BCUT2D eigenvalue weighted by atomic mass is 10.0. The van der Waals surface area contributed by atoms with E-state index in [1.807, 2.05) is 5.32 Å². The van der Waals surface area contributed by atoms with Crippen molar-refractivity contribution in [3.63, 3.8) is 0 Å². The van der Waals surface area contributed by atoms with Crippen molar-refractivity contribution in [3.8, 4) is 11.1 Å². The first-order valence-electron chi connectivity index (χ1n) is 12.0. The summed E-state index contributed by atoms with van der Waals surface area (Å²) >= 11 is 0. The Kier molecular flexibility index (Phi) is 7.77. The maximum atomic E-state index is 15.4. The molecule has 0 saturated carbocycles. The molecule has 1 aliphatic heterocycles. The van der Waals surface area contributed by atoms with Crippen LogP contribution in [0.2, 0.25) is 0 Å². The number of amides is 3. The standard InChI is InChI=1S/C27H24F6N3O3P/c1-14-12-20(35-26(38)34-19-10-8-15(13-18(19)28)27(31,32)33)25(37)36(14)21-11-9-17(23(29)24(21)30)16-6-4-5-7-22(16)40(2,3)39/h4-11,13-14,20H,12H2,1-3H3,(H2,34,35,38). The second-order valence-corrected chi connectivity index (χ2v) is 12.9. The summed E-state index contributed by atoms with van der Waals surface area (Å²) in [7, 11) is -2.84. The van der Waals surface area contributed by atoms with Gasteiger partial charge < -0.3 is 20.1 Å². The van der Waals surface area contributed by atoms with E-state index in [2.05, 4.69) is 5.32 Å². The van der Waals surface area contributed by atoms with Crippen LogP contribution in [0.4, 0.5) is 42.5 Å². The number of hydrogen-bond acceptors (Lipinski definition) is 3. The van der Waals surface area contributed by atoms with Gasteiger partial charge in [0.05, 0.1) is 16.9 Å². The lowest BCUT2D eigenvalue weighted by Crippen LogP contribution is -2.44. The van der Waals surface area contributed by atoms with Gasteiger partial charge in [0.25, 0.3) is 0 Å². The molecule has 0 spiro atoms. The van der Waals surface area contributed by atoms with Gasteiger partial charge in [0.1, 0.15) is 19.0 Å². The van der Waals surface area contributed by atoms with Crippen LogP contribution in [0.1, 0.15) is 18.9 Å². The highest BCUT2D eigenvalue weighted by molar-refractivity contribution is 7.70. The number of hydrogen-bond donors (Lipinski definition) is 2. The summed E-state index contributed by atoms with van der Waals surface area (Å²) in [6.07, 6.45) is -4.79. The van der Waals surface area contributed by atoms with Crippen LogP contribution in [0, 0.1) is 17.5 Å². The Labute approximate surface area is 225 Å². The molecule has 1 aliphatic rings. The minimum atomic E-state index is -4.78. The Hall–Kier alpha value is -3.79. The number of nitrogens with one attached hydrogen (secondary N) is 2. The van der Waals surface area contributed by atoms with Crippen molar-refractivity contribution in [1.29, 1.82) is 0 Å². The Morgan fingerprint density at radius 1 is 0.975 bits per heavy atom. The lowest BCUT2D eigenvalue weighted by Gasteiger charge is -2.23. The van der Waals surface area contributed by atoms with E-state index in [1.165, 1.54) is 31.5 Å². The number of alkyl halides is 3. The molecule has 1 fully saturated rings. The van der Waals surface area contributed by atoms with Gasteiger partial charge in [-0.25, -0.2) is 18.0 Å². The molecule has 4 rings (SSSR count). The summed E-state index contributed by atoms with van der Waals surface area (Å²) in [4.78, 5) is 26.5. The molecular formula is C27H24F6N3O3P. The Balaban J connectivity index is 1.54. The topological polar surface area (TPSA) is 78.5 Å². The average Bonchev–Trinajstić information content (AvgIpc) is 3.13. The number of urea groups is 1. The Morgan fingerprint density at radius 2 is 1.65 bits per heavy atom. The smallest absolute Gasteiger partial charge is 0.326 e. The molecule has 0 radical (unpaired) electrons. The van der Waals surface area contributed by atoms with Gasteiger partial charge in [-0.05, 0) is 62.6 Å². The predicted octanol–water partition coefficient (Wildman–Crippen LogP) is 6.35. The summed E-state index contributed by atoms with van der Waals surface area (Å²) < 4.78 is 95.7. The zero-order valence-corrected chi connectivity index (χ0v) is 22.3. The van der Waals surface area contributed by atoms with Crippen molar-refractivity contribution in [2.45, 2.75) is 31.6 Å². The van der Waals surface area contributed by atoms with Crippen LogP contribution >= 0.6 is 7.14 Å². The maximum Gasteiger partial charge on any atom is 0.416 e. The highest BCUT2D eigenvalue weighted by Gasteiger charge is 2.41. The molecule has 212 valence electrons. The third-order valence-electron chi connectivity index (χ3n) is 6.50. The first kappa shape index (κ1) is 29.2. The number of anilines is 2. The van der Waals surface area contributed by atoms with Gasteiger partial charge in [-0.2, -0.15) is 13.2 Å². The zero-order chi connectivity index (χ0) is 29.6. The molecule has 6 nitrogen and oxygen atoms in total. The van der Waals surface area contributed by atoms with Crippen LogP contribution in [0.5, 0.6) is 0 Å². The molecule has 40 heavy (non-hydrogen) atoms. The van der Waals surface area contributed by atoms with Crippen LogP contribution in [0.25, 0.3) is 11.1 Å². The first-order valence-corrected chi connectivity index (χ1v) is 14.6. The van der Waals surface area contributed by atoms with Gasteiger partial charge >= 0.3 is 12.2 Å². The monoisotopic (exact) mass is 583 g/mol. The van der Waals surface area contributed by atoms with Gasteiger partial charge in [0, 0.05) is 16.9 Å². The van der Waals surface area contributed by atoms with Crippen LogP contribution in [0.3, 0.4) is 0 Å². The second kappa shape index (κ2) is 10.6. The largest absolute Gasteiger partial charge is 0.416 e. The average molecular weight is 583 g/mol. The SMILES string of the molecule is CC1CC(NC(=O)Nc2ccc(C(F)(F)F)cc2F)C(=O)N1c1ccc(-c2ccccc2P(C)(C)=O)c(F)c1F. The molecule has 0 aliphatic carbocycles. The van der Waals surface area contributed by atoms with Gasteiger partial charge in [-0.15, -0.1) is 0 Å². The third-order valence-corrected chi connectivity index (χ3v) is 8.05. The summed E-state index contributed by atoms with van der Waals surface area (Å²) in [5.74, 6) is -4.66. The van der Waals surface area contributed by atoms with Crippen molar-refractivity contribution in [1.82, 2.24) is 5.32 Å². The fraction of sp³-hybridized carbons (Fsp3) is 0.259. The number of benzene rings is 3. The highest BCUT2D eigenvalue weighted by atomic mass is 31.2. The van der Waals surface area contributed by atoms with Gasteiger partial charge in [0.2, 0.25) is 5.91 Å². The third kappa shape index (κ3) is 5.72. The number of carbonyl (C=O) groups excluding carboxylic acids is 2. The van der Waals surface area contributed by atoms with E-state index in [0.717, 1.165) is 11.0 Å². The minimum Gasteiger partial charge on any atom is -0.326 e. The summed E-state index contributed by atoms with van der Waals surface area (Å²) in [5.41, 5.74) is -2.04. The molecule has 3 amide bonds. The Bertz CT molecular complexity index is 1540. The maximum absolute atomic E-state index is 15.4. The van der Waals surface area contributed by atoms with E-state index < -0.39 is 66.0 Å². The Morgan fingerprint density at radius 3 is 2.27 bits per heavy atom. The highest BCUT2D eigenvalue weighted by Crippen LogP contribution is 2.41. The molecule has 2 unspecified atom stereocenters. The van der Waals surface area contributed by atoms with E-state index in [0.29, 0.717) is 11.4 Å². The molecular weight excluding hydrogens is 559 g/mol. The number of carbonyl (C=O) groups is 2. The summed E-state index contributed by atoms with van der Waals surface area (Å²) in [6.45, 7) is 4.57. The number of nitrogens with zero attached hydrogens (tertiary/aromatic N) is 1.